The lowest BCUT2D eigenvalue weighted by Gasteiger charge is -2.37. The van der Waals surface area contributed by atoms with Crippen molar-refractivity contribution >= 4 is 10.2 Å². The topological polar surface area (TPSA) is 59.1 Å². The van der Waals surface area contributed by atoms with Crippen LogP contribution in [0.5, 0.6) is 11.5 Å². The van der Waals surface area contributed by atoms with Gasteiger partial charge in [-0.15, -0.1) is 0 Å². The van der Waals surface area contributed by atoms with E-state index in [2.05, 4.69) is 19.1 Å². The molecule has 1 aromatic carbocycles. The van der Waals surface area contributed by atoms with Crippen molar-refractivity contribution in [3.05, 3.63) is 23.8 Å². The Bertz CT molecular complexity index is 723. The van der Waals surface area contributed by atoms with Gasteiger partial charge in [-0.05, 0) is 68.1 Å². The molecule has 0 N–H and O–H groups in total. The second kappa shape index (κ2) is 9.46. The molecule has 0 saturated carbocycles. The normalized spacial score (nSPS) is 22.9. The molecule has 0 aromatic heterocycles. The number of methoxy groups -OCH3 is 2. The molecule has 2 aliphatic rings. The largest absolute Gasteiger partial charge is 0.497 e. The summed E-state index contributed by atoms with van der Waals surface area (Å²) in [6, 6.07) is 5.99. The lowest BCUT2D eigenvalue weighted by Crippen LogP contribution is -2.50. The molecule has 0 spiro atoms. The number of piperidine rings is 2. The van der Waals surface area contributed by atoms with Crippen molar-refractivity contribution in [2.75, 3.05) is 40.4 Å². The number of aryl methyl sites for hydroxylation is 1. The highest BCUT2D eigenvalue weighted by atomic mass is 32.2. The number of nitrogens with zero attached hydrogens (tertiary/aromatic N) is 2. The Kier molecular flexibility index (Phi) is 7.23. The van der Waals surface area contributed by atoms with Crippen LogP contribution in [0.15, 0.2) is 18.2 Å². The lowest BCUT2D eigenvalue weighted by atomic mass is 9.91. The van der Waals surface area contributed by atoms with Gasteiger partial charge < -0.3 is 9.47 Å². The molecule has 2 heterocycles. The van der Waals surface area contributed by atoms with Gasteiger partial charge in [0.25, 0.3) is 10.2 Å². The van der Waals surface area contributed by atoms with Crippen LogP contribution >= 0.6 is 0 Å². The zero-order chi connectivity index (χ0) is 20.1. The predicted molar refractivity (Wildman–Crippen MR) is 111 cm³/mol. The molecule has 1 atom stereocenters. The second-order valence-electron chi connectivity index (χ2n) is 8.22. The van der Waals surface area contributed by atoms with Gasteiger partial charge in [-0.1, -0.05) is 6.92 Å². The molecule has 7 heteroatoms. The van der Waals surface area contributed by atoms with Gasteiger partial charge in [0, 0.05) is 32.2 Å². The second-order valence-corrected chi connectivity index (χ2v) is 10.1. The molecule has 2 fully saturated rings. The smallest absolute Gasteiger partial charge is 0.281 e. The van der Waals surface area contributed by atoms with E-state index in [0.29, 0.717) is 38.0 Å². The molecule has 28 heavy (non-hydrogen) atoms. The zero-order valence-electron chi connectivity index (χ0n) is 17.4. The summed E-state index contributed by atoms with van der Waals surface area (Å²) in [7, 11) is 0.0360. The molecule has 1 aromatic rings. The van der Waals surface area contributed by atoms with E-state index in [9.17, 15) is 8.42 Å². The predicted octanol–water partition coefficient (Wildman–Crippen LogP) is 3.33. The molecule has 0 aliphatic carbocycles. The minimum absolute atomic E-state index is 0.459. The van der Waals surface area contributed by atoms with Crippen molar-refractivity contribution in [3.8, 4) is 11.5 Å². The van der Waals surface area contributed by atoms with E-state index >= 15 is 0 Å². The fourth-order valence-corrected chi connectivity index (χ4v) is 6.13. The first-order valence-corrected chi connectivity index (χ1v) is 11.8. The molecule has 0 unspecified atom stereocenters. The van der Waals surface area contributed by atoms with Gasteiger partial charge in [0.2, 0.25) is 0 Å². The maximum atomic E-state index is 12.9. The Morgan fingerprint density at radius 1 is 0.964 bits per heavy atom. The third kappa shape index (κ3) is 5.19. The Hall–Kier alpha value is -1.31. The summed E-state index contributed by atoms with van der Waals surface area (Å²) in [5.74, 6) is 2.64. The van der Waals surface area contributed by atoms with Gasteiger partial charge in [0.15, 0.2) is 0 Å². The molecule has 6 nitrogen and oxygen atoms in total. The molecule has 158 valence electrons. The molecular formula is C21H34N2O4S. The van der Waals surface area contributed by atoms with Crippen molar-refractivity contribution in [2.24, 2.45) is 11.8 Å². The van der Waals surface area contributed by atoms with Gasteiger partial charge >= 0.3 is 0 Å². The van der Waals surface area contributed by atoms with Crippen LogP contribution < -0.4 is 9.47 Å². The average Bonchev–Trinajstić information content (AvgIpc) is 2.72. The maximum Gasteiger partial charge on any atom is 0.281 e. The minimum Gasteiger partial charge on any atom is -0.497 e. The summed E-state index contributed by atoms with van der Waals surface area (Å²) < 4.78 is 40.0. The number of hydrogen-bond acceptors (Lipinski definition) is 4. The first-order chi connectivity index (χ1) is 13.4. The third-order valence-electron chi connectivity index (χ3n) is 6.10. The van der Waals surface area contributed by atoms with Crippen molar-refractivity contribution in [1.29, 1.82) is 0 Å². The highest BCUT2D eigenvalue weighted by Gasteiger charge is 2.34. The fourth-order valence-electron chi connectivity index (χ4n) is 4.33. The van der Waals surface area contributed by atoms with Crippen LogP contribution in [0.3, 0.4) is 0 Å². The Labute approximate surface area is 170 Å². The van der Waals surface area contributed by atoms with Crippen molar-refractivity contribution in [3.63, 3.8) is 0 Å². The first-order valence-electron chi connectivity index (χ1n) is 10.4. The summed E-state index contributed by atoms with van der Waals surface area (Å²) in [6.07, 6.45) is 5.98. The molecule has 2 aliphatic heterocycles. The highest BCUT2D eigenvalue weighted by Crippen LogP contribution is 2.29. The van der Waals surface area contributed by atoms with Gasteiger partial charge in [-0.25, -0.2) is 0 Å². The Morgan fingerprint density at radius 2 is 1.61 bits per heavy atom. The number of benzene rings is 1. The van der Waals surface area contributed by atoms with E-state index < -0.39 is 10.2 Å². The van der Waals surface area contributed by atoms with Gasteiger partial charge in [0.1, 0.15) is 11.5 Å². The van der Waals surface area contributed by atoms with Crippen LogP contribution in [-0.2, 0) is 16.6 Å². The highest BCUT2D eigenvalue weighted by molar-refractivity contribution is 7.86. The summed E-state index contributed by atoms with van der Waals surface area (Å²) in [5.41, 5.74) is 1.20. The van der Waals surface area contributed by atoms with E-state index in [0.717, 1.165) is 50.0 Å². The minimum atomic E-state index is -3.29. The third-order valence-corrected chi connectivity index (χ3v) is 8.10. The number of rotatable bonds is 7. The first kappa shape index (κ1) is 21.4. The lowest BCUT2D eigenvalue weighted by molar-refractivity contribution is 0.223. The van der Waals surface area contributed by atoms with E-state index in [1.165, 1.54) is 5.56 Å². The van der Waals surface area contributed by atoms with Crippen molar-refractivity contribution < 1.29 is 17.9 Å². The van der Waals surface area contributed by atoms with Crippen LogP contribution in [0.2, 0.25) is 0 Å². The van der Waals surface area contributed by atoms with E-state index in [4.69, 9.17) is 9.47 Å². The van der Waals surface area contributed by atoms with Gasteiger partial charge in [-0.2, -0.15) is 17.0 Å². The summed E-state index contributed by atoms with van der Waals surface area (Å²) in [5, 5.41) is 0. The average molecular weight is 411 g/mol. The van der Waals surface area contributed by atoms with Crippen LogP contribution in [0.4, 0.5) is 0 Å². The van der Waals surface area contributed by atoms with E-state index in [1.807, 2.05) is 6.07 Å². The molecule has 3 rings (SSSR count). The molecule has 0 bridgehead atoms. The summed E-state index contributed by atoms with van der Waals surface area (Å²) in [4.78, 5) is 0. The summed E-state index contributed by atoms with van der Waals surface area (Å²) in [6.45, 7) is 4.75. The van der Waals surface area contributed by atoms with E-state index in [-0.39, 0.29) is 0 Å². The van der Waals surface area contributed by atoms with Crippen LogP contribution in [-0.4, -0.2) is 57.4 Å². The van der Waals surface area contributed by atoms with Gasteiger partial charge in [0.05, 0.1) is 14.2 Å². The SMILES string of the molecule is COc1cc(CCC2CCN(S(=O)(=O)N3CCC[C@@H](C)C3)CC2)cc(OC)c1. The standard InChI is InChI=1S/C21H34N2O4S/c1-17-5-4-10-23(16-17)28(24,25)22-11-8-18(9-12-22)6-7-19-13-20(26-2)15-21(14-19)27-3/h13-15,17-18H,4-12,16H2,1-3H3/t17-/m1/s1. The maximum absolute atomic E-state index is 12.9. The van der Waals surface area contributed by atoms with Crippen LogP contribution in [0.1, 0.15) is 44.6 Å². The van der Waals surface area contributed by atoms with E-state index in [1.54, 1.807) is 22.8 Å². The summed E-state index contributed by atoms with van der Waals surface area (Å²) >= 11 is 0. The Balaban J connectivity index is 1.52. The number of ether oxygens (including phenoxy) is 2. The van der Waals surface area contributed by atoms with Crippen molar-refractivity contribution in [2.45, 2.75) is 45.4 Å². The van der Waals surface area contributed by atoms with Crippen LogP contribution in [0, 0.1) is 11.8 Å². The Morgan fingerprint density at radius 3 is 2.18 bits per heavy atom. The van der Waals surface area contributed by atoms with Crippen LogP contribution in [0.25, 0.3) is 0 Å². The quantitative estimate of drug-likeness (QED) is 0.692. The van der Waals surface area contributed by atoms with Crippen molar-refractivity contribution in [1.82, 2.24) is 8.61 Å². The molecule has 0 amide bonds. The molecular weight excluding hydrogens is 376 g/mol. The monoisotopic (exact) mass is 410 g/mol. The fraction of sp³-hybridized carbons (Fsp3) is 0.714. The van der Waals surface area contributed by atoms with Gasteiger partial charge in [-0.3, -0.25) is 0 Å². The number of hydrogen-bond donors (Lipinski definition) is 0. The zero-order valence-corrected chi connectivity index (χ0v) is 18.2. The molecule has 2 saturated heterocycles. The molecule has 0 radical (unpaired) electrons.